The number of allylic oxidation sites excluding steroid dienone is 2. The zero-order valence-corrected chi connectivity index (χ0v) is 11.6. The second-order valence-electron chi connectivity index (χ2n) is 5.52. The number of nitrogens with two attached hydrogens (primary N) is 1. The summed E-state index contributed by atoms with van der Waals surface area (Å²) in [4.78, 5) is 2.41. The van der Waals surface area contributed by atoms with Crippen LogP contribution < -0.4 is 5.73 Å². The monoisotopic (exact) mass is 232 g/mol. The van der Waals surface area contributed by atoms with Crippen molar-refractivity contribution >= 4 is 0 Å². The second kappa shape index (κ2) is 4.25. The SMILES string of the molecule is CCC1=C(C)N(C)C2C1=C(N)C=CC2C(C)C. The average Bonchev–Trinajstić information content (AvgIpc) is 2.54. The number of fused-ring (bicyclic) bond motifs is 1. The molecule has 94 valence electrons. The van der Waals surface area contributed by atoms with E-state index in [0.717, 1.165) is 12.1 Å². The Morgan fingerprint density at radius 3 is 2.59 bits per heavy atom. The highest BCUT2D eigenvalue weighted by atomic mass is 15.2. The largest absolute Gasteiger partial charge is 0.398 e. The predicted molar refractivity (Wildman–Crippen MR) is 73.2 cm³/mol. The molecule has 0 fully saturated rings. The van der Waals surface area contributed by atoms with Gasteiger partial charge in [-0.3, -0.25) is 0 Å². The molecular weight excluding hydrogens is 208 g/mol. The molecular formula is C15H24N2. The topological polar surface area (TPSA) is 29.3 Å². The lowest BCUT2D eigenvalue weighted by atomic mass is 9.79. The minimum absolute atomic E-state index is 0.454. The first kappa shape index (κ1) is 12.3. The van der Waals surface area contributed by atoms with Gasteiger partial charge in [-0.25, -0.2) is 0 Å². The van der Waals surface area contributed by atoms with Gasteiger partial charge in [0.1, 0.15) is 0 Å². The molecule has 2 atom stereocenters. The molecule has 0 saturated heterocycles. The summed E-state index contributed by atoms with van der Waals surface area (Å²) >= 11 is 0. The molecule has 0 radical (unpaired) electrons. The van der Waals surface area contributed by atoms with Crippen LogP contribution in [0.4, 0.5) is 0 Å². The second-order valence-corrected chi connectivity index (χ2v) is 5.52. The van der Waals surface area contributed by atoms with Gasteiger partial charge in [-0.2, -0.15) is 0 Å². The van der Waals surface area contributed by atoms with Gasteiger partial charge in [-0.05, 0) is 30.9 Å². The van der Waals surface area contributed by atoms with Crippen molar-refractivity contribution in [2.75, 3.05) is 7.05 Å². The van der Waals surface area contributed by atoms with Crippen molar-refractivity contribution in [2.24, 2.45) is 17.6 Å². The normalized spacial score (nSPS) is 28.5. The number of hydrogen-bond acceptors (Lipinski definition) is 2. The molecule has 0 amide bonds. The Hall–Kier alpha value is -1.18. The molecule has 2 N–H and O–H groups in total. The summed E-state index contributed by atoms with van der Waals surface area (Å²) in [6, 6.07) is 0.454. The molecule has 1 aliphatic heterocycles. The third-order valence-electron chi connectivity index (χ3n) is 4.30. The lowest BCUT2D eigenvalue weighted by Gasteiger charge is -2.35. The van der Waals surface area contributed by atoms with Crippen molar-refractivity contribution in [3.63, 3.8) is 0 Å². The van der Waals surface area contributed by atoms with Crippen molar-refractivity contribution in [3.05, 3.63) is 34.7 Å². The number of likely N-dealkylation sites (N-methyl/N-ethyl adjacent to an activating group) is 1. The van der Waals surface area contributed by atoms with Gasteiger partial charge in [0.25, 0.3) is 0 Å². The van der Waals surface area contributed by atoms with E-state index in [2.05, 4.69) is 51.8 Å². The maximum Gasteiger partial charge on any atom is 0.0624 e. The van der Waals surface area contributed by atoms with Gasteiger partial charge in [-0.15, -0.1) is 0 Å². The molecule has 1 aliphatic carbocycles. The van der Waals surface area contributed by atoms with E-state index in [9.17, 15) is 0 Å². The zero-order valence-electron chi connectivity index (χ0n) is 11.6. The lowest BCUT2D eigenvalue weighted by molar-refractivity contribution is 0.256. The Bertz CT molecular complexity index is 413. The van der Waals surface area contributed by atoms with Gasteiger partial charge in [0.05, 0.1) is 6.04 Å². The third-order valence-corrected chi connectivity index (χ3v) is 4.30. The van der Waals surface area contributed by atoms with Crippen LogP contribution in [0, 0.1) is 11.8 Å². The van der Waals surface area contributed by atoms with Gasteiger partial charge in [0.2, 0.25) is 0 Å². The number of rotatable bonds is 2. The summed E-state index contributed by atoms with van der Waals surface area (Å²) in [6.45, 7) is 9.02. The maximum absolute atomic E-state index is 6.20. The third kappa shape index (κ3) is 1.70. The molecule has 0 aromatic heterocycles. The Morgan fingerprint density at radius 2 is 2.06 bits per heavy atom. The summed E-state index contributed by atoms with van der Waals surface area (Å²) in [5.41, 5.74) is 11.4. The van der Waals surface area contributed by atoms with Gasteiger partial charge in [-0.1, -0.05) is 26.8 Å². The molecule has 2 aliphatic rings. The van der Waals surface area contributed by atoms with Crippen LogP contribution in [0.25, 0.3) is 0 Å². The van der Waals surface area contributed by atoms with Gasteiger partial charge in [0.15, 0.2) is 0 Å². The average molecular weight is 232 g/mol. The molecule has 1 heterocycles. The van der Waals surface area contributed by atoms with E-state index in [1.54, 1.807) is 0 Å². The molecule has 0 bridgehead atoms. The van der Waals surface area contributed by atoms with Gasteiger partial charge in [0, 0.05) is 29.9 Å². The van der Waals surface area contributed by atoms with Crippen LogP contribution in [-0.2, 0) is 0 Å². The molecule has 2 rings (SSSR count). The summed E-state index contributed by atoms with van der Waals surface area (Å²) in [7, 11) is 2.20. The maximum atomic E-state index is 6.20. The minimum atomic E-state index is 0.454. The van der Waals surface area contributed by atoms with Gasteiger partial charge >= 0.3 is 0 Å². The van der Waals surface area contributed by atoms with E-state index in [0.29, 0.717) is 17.9 Å². The van der Waals surface area contributed by atoms with E-state index in [1.807, 2.05) is 0 Å². The van der Waals surface area contributed by atoms with E-state index in [4.69, 9.17) is 5.73 Å². The summed E-state index contributed by atoms with van der Waals surface area (Å²) in [5.74, 6) is 1.21. The molecule has 0 spiro atoms. The number of hydrogen-bond donors (Lipinski definition) is 1. The van der Waals surface area contributed by atoms with Crippen molar-refractivity contribution in [1.29, 1.82) is 0 Å². The summed E-state index contributed by atoms with van der Waals surface area (Å²) in [5, 5.41) is 0. The fourth-order valence-corrected chi connectivity index (χ4v) is 3.23. The van der Waals surface area contributed by atoms with Crippen LogP contribution in [0.5, 0.6) is 0 Å². The first-order chi connectivity index (χ1) is 7.99. The van der Waals surface area contributed by atoms with E-state index in [1.165, 1.54) is 16.8 Å². The lowest BCUT2D eigenvalue weighted by Crippen LogP contribution is -2.38. The van der Waals surface area contributed by atoms with Gasteiger partial charge < -0.3 is 10.6 Å². The molecule has 0 aromatic carbocycles. The Kier molecular flexibility index (Phi) is 3.07. The van der Waals surface area contributed by atoms with Crippen LogP contribution in [0.1, 0.15) is 34.1 Å². The highest BCUT2D eigenvalue weighted by molar-refractivity contribution is 5.52. The van der Waals surface area contributed by atoms with Crippen LogP contribution in [0.15, 0.2) is 34.7 Å². The van der Waals surface area contributed by atoms with Crippen LogP contribution >= 0.6 is 0 Å². The standard InChI is InChI=1S/C15H24N2/c1-6-11-10(4)17(5)15-12(9(2)3)7-8-13(16)14(11)15/h7-9,12,15H,6,16H2,1-5H3. The first-order valence-corrected chi connectivity index (χ1v) is 6.59. The molecule has 2 heteroatoms. The smallest absolute Gasteiger partial charge is 0.0624 e. The van der Waals surface area contributed by atoms with E-state index < -0.39 is 0 Å². The van der Waals surface area contributed by atoms with E-state index >= 15 is 0 Å². The summed E-state index contributed by atoms with van der Waals surface area (Å²) < 4.78 is 0. The molecule has 0 aromatic rings. The predicted octanol–water partition coefficient (Wildman–Crippen LogP) is 3.04. The highest BCUT2D eigenvalue weighted by Crippen LogP contribution is 2.43. The highest BCUT2D eigenvalue weighted by Gasteiger charge is 2.39. The van der Waals surface area contributed by atoms with Crippen molar-refractivity contribution in [2.45, 2.75) is 40.2 Å². The number of nitrogens with zero attached hydrogens (tertiary/aromatic N) is 1. The van der Waals surface area contributed by atoms with Crippen LogP contribution in [0.3, 0.4) is 0 Å². The minimum Gasteiger partial charge on any atom is -0.398 e. The molecule has 2 nitrogen and oxygen atoms in total. The zero-order chi connectivity index (χ0) is 12.7. The van der Waals surface area contributed by atoms with Crippen molar-refractivity contribution in [1.82, 2.24) is 4.90 Å². The van der Waals surface area contributed by atoms with Crippen LogP contribution in [0.2, 0.25) is 0 Å². The Morgan fingerprint density at radius 1 is 1.41 bits per heavy atom. The fourth-order valence-electron chi connectivity index (χ4n) is 3.23. The quantitative estimate of drug-likeness (QED) is 0.793. The molecule has 17 heavy (non-hydrogen) atoms. The molecule has 0 saturated carbocycles. The summed E-state index contributed by atoms with van der Waals surface area (Å²) in [6.07, 6.45) is 5.47. The van der Waals surface area contributed by atoms with Crippen molar-refractivity contribution < 1.29 is 0 Å². The van der Waals surface area contributed by atoms with Crippen molar-refractivity contribution in [3.8, 4) is 0 Å². The Labute approximate surface area is 105 Å². The van der Waals surface area contributed by atoms with E-state index in [-0.39, 0.29) is 0 Å². The Balaban J connectivity index is 2.50. The molecule has 2 unspecified atom stereocenters. The van der Waals surface area contributed by atoms with Crippen LogP contribution in [-0.4, -0.2) is 18.0 Å². The fraction of sp³-hybridized carbons (Fsp3) is 0.600. The first-order valence-electron chi connectivity index (χ1n) is 6.59.